The van der Waals surface area contributed by atoms with Gasteiger partial charge in [-0.1, -0.05) is 0 Å². The number of hydrogen-bond donors (Lipinski definition) is 0. The molecule has 9 heavy (non-hydrogen) atoms. The maximum absolute atomic E-state index is 9.57. The molecule has 0 aromatic rings. The van der Waals surface area contributed by atoms with Gasteiger partial charge in [0.1, 0.15) is 4.92 Å². The molecule has 0 saturated carbocycles. The second-order valence-electron chi connectivity index (χ2n) is 0.917. The predicted octanol–water partition coefficient (Wildman–Crippen LogP) is -3.93. The standard InChI is InChI=1S/C3H5NO4.Na/c1-8-3(2-5)4(6)7;/h2,5H,1H3;/q;+1/p-1. The second kappa shape index (κ2) is 5.87. The van der Waals surface area contributed by atoms with Crippen LogP contribution in [0.1, 0.15) is 0 Å². The molecule has 0 aliphatic rings. The van der Waals surface area contributed by atoms with E-state index in [1.165, 1.54) is 0 Å². The van der Waals surface area contributed by atoms with Crippen molar-refractivity contribution in [1.82, 2.24) is 0 Å². The van der Waals surface area contributed by atoms with Crippen molar-refractivity contribution in [2.24, 2.45) is 0 Å². The van der Waals surface area contributed by atoms with Gasteiger partial charge in [-0.15, -0.1) is 0 Å². The smallest absolute Gasteiger partial charge is 0.871 e. The summed E-state index contributed by atoms with van der Waals surface area (Å²) in [5, 5.41) is 19.1. The van der Waals surface area contributed by atoms with Crippen LogP contribution in [0.2, 0.25) is 0 Å². The molecule has 0 saturated heterocycles. The third-order valence-electron chi connectivity index (χ3n) is 0.490. The van der Waals surface area contributed by atoms with Crippen molar-refractivity contribution in [2.45, 2.75) is 0 Å². The van der Waals surface area contributed by atoms with Gasteiger partial charge in [0.15, 0.2) is 0 Å². The van der Waals surface area contributed by atoms with E-state index < -0.39 is 10.8 Å². The van der Waals surface area contributed by atoms with Crippen LogP contribution in [0, 0.1) is 10.1 Å². The molecule has 0 rings (SSSR count). The van der Waals surface area contributed by atoms with E-state index >= 15 is 0 Å². The molecule has 0 atom stereocenters. The van der Waals surface area contributed by atoms with Gasteiger partial charge in [-0.25, -0.2) is 0 Å². The Balaban J connectivity index is 0. The summed E-state index contributed by atoms with van der Waals surface area (Å²) in [5.74, 6) is -0.773. The maximum Gasteiger partial charge on any atom is 1.00 e. The Hall–Kier alpha value is -0.260. The van der Waals surface area contributed by atoms with Crippen LogP contribution in [0.15, 0.2) is 12.1 Å². The molecule has 0 spiro atoms. The van der Waals surface area contributed by atoms with Crippen molar-refractivity contribution in [1.29, 1.82) is 0 Å². The van der Waals surface area contributed by atoms with E-state index in [1.807, 2.05) is 0 Å². The van der Waals surface area contributed by atoms with Crippen LogP contribution in [0.4, 0.5) is 0 Å². The van der Waals surface area contributed by atoms with Gasteiger partial charge in [0.05, 0.1) is 7.11 Å². The van der Waals surface area contributed by atoms with Gasteiger partial charge in [-0.3, -0.25) is 10.1 Å². The zero-order valence-electron chi connectivity index (χ0n) is 5.16. The van der Waals surface area contributed by atoms with E-state index in [0.29, 0.717) is 0 Å². The molecule has 5 nitrogen and oxygen atoms in total. The Labute approximate surface area is 73.8 Å². The molecule has 0 heterocycles. The first-order chi connectivity index (χ1) is 3.72. The Morgan fingerprint density at radius 1 is 1.78 bits per heavy atom. The molecule has 46 valence electrons. The molecule has 0 aliphatic carbocycles. The Morgan fingerprint density at radius 3 is 2.22 bits per heavy atom. The van der Waals surface area contributed by atoms with Crippen molar-refractivity contribution in [3.8, 4) is 0 Å². The minimum atomic E-state index is -0.896. The van der Waals surface area contributed by atoms with E-state index in [-0.39, 0.29) is 35.8 Å². The summed E-state index contributed by atoms with van der Waals surface area (Å²) >= 11 is 0. The van der Waals surface area contributed by atoms with E-state index in [0.717, 1.165) is 7.11 Å². The zero-order chi connectivity index (χ0) is 6.57. The first-order valence-electron chi connectivity index (χ1n) is 1.73. The van der Waals surface area contributed by atoms with Crippen LogP contribution in [-0.4, -0.2) is 12.0 Å². The van der Waals surface area contributed by atoms with E-state index in [1.54, 1.807) is 0 Å². The van der Waals surface area contributed by atoms with Gasteiger partial charge < -0.3 is 9.84 Å². The van der Waals surface area contributed by atoms with Crippen LogP contribution in [-0.2, 0) is 4.74 Å². The van der Waals surface area contributed by atoms with Crippen molar-refractivity contribution in [3.63, 3.8) is 0 Å². The van der Waals surface area contributed by atoms with Crippen molar-refractivity contribution < 1.29 is 44.3 Å². The third-order valence-corrected chi connectivity index (χ3v) is 0.490. The molecular weight excluding hydrogens is 137 g/mol. The van der Waals surface area contributed by atoms with Crippen LogP contribution in [0.25, 0.3) is 0 Å². The minimum absolute atomic E-state index is 0. The van der Waals surface area contributed by atoms with E-state index in [4.69, 9.17) is 0 Å². The van der Waals surface area contributed by atoms with E-state index in [9.17, 15) is 15.2 Å². The van der Waals surface area contributed by atoms with Crippen molar-refractivity contribution in [3.05, 3.63) is 22.3 Å². The number of ether oxygens (including phenoxy) is 1. The molecule has 0 bridgehead atoms. The van der Waals surface area contributed by atoms with Gasteiger partial charge >= 0.3 is 35.4 Å². The summed E-state index contributed by atoms with van der Waals surface area (Å²) in [7, 11) is 1.06. The Kier molecular flexibility index (Phi) is 7.52. The SMILES string of the molecule is COC(=C[O-])[N+](=O)[O-].[Na+]. The number of nitrogens with zero attached hydrogens (tertiary/aromatic N) is 1. The summed E-state index contributed by atoms with van der Waals surface area (Å²) in [6.45, 7) is 0. The number of rotatable bonds is 2. The number of hydrogen-bond acceptors (Lipinski definition) is 4. The average Bonchev–Trinajstić information content (AvgIpc) is 1.69. The molecule has 0 radical (unpaired) electrons. The number of methoxy groups -OCH3 is 1. The normalized spacial score (nSPS) is 9.67. The van der Waals surface area contributed by atoms with Crippen LogP contribution >= 0.6 is 0 Å². The van der Waals surface area contributed by atoms with Crippen LogP contribution in [0.5, 0.6) is 0 Å². The quantitative estimate of drug-likeness (QED) is 0.170. The fraction of sp³-hybridized carbons (Fsp3) is 0.333. The summed E-state index contributed by atoms with van der Waals surface area (Å²) in [6, 6.07) is 0. The first kappa shape index (κ1) is 11.5. The molecule has 0 unspecified atom stereocenters. The second-order valence-corrected chi connectivity index (χ2v) is 0.917. The molecule has 0 aliphatic heterocycles. The molecule has 6 heteroatoms. The van der Waals surface area contributed by atoms with Gasteiger partial charge in [-0.05, 0) is 6.26 Å². The fourth-order valence-electron chi connectivity index (χ4n) is 0.166. The van der Waals surface area contributed by atoms with Crippen LogP contribution < -0.4 is 34.7 Å². The summed E-state index contributed by atoms with van der Waals surface area (Å²) in [4.78, 5) is 8.68. The average molecular weight is 141 g/mol. The van der Waals surface area contributed by atoms with Gasteiger partial charge in [0.2, 0.25) is 0 Å². The molecule has 0 fully saturated rings. The van der Waals surface area contributed by atoms with Gasteiger partial charge in [0, 0.05) is 0 Å². The van der Waals surface area contributed by atoms with E-state index in [2.05, 4.69) is 4.74 Å². The monoisotopic (exact) mass is 141 g/mol. The number of nitro groups is 1. The molecule has 0 aromatic heterocycles. The van der Waals surface area contributed by atoms with Crippen LogP contribution in [0.3, 0.4) is 0 Å². The van der Waals surface area contributed by atoms with Gasteiger partial charge in [0.25, 0.3) is 0 Å². The third kappa shape index (κ3) is 4.26. The molecular formula is C3H4NNaO4. The Morgan fingerprint density at radius 2 is 2.22 bits per heavy atom. The Bertz CT molecular complexity index is 123. The largest absolute Gasteiger partial charge is 1.00 e. The first-order valence-corrected chi connectivity index (χ1v) is 1.73. The summed E-state index contributed by atoms with van der Waals surface area (Å²) in [6.07, 6.45) is 0.0417. The minimum Gasteiger partial charge on any atom is -0.871 e. The summed E-state index contributed by atoms with van der Waals surface area (Å²) < 4.78 is 4.01. The summed E-state index contributed by atoms with van der Waals surface area (Å²) in [5.41, 5.74) is 0. The van der Waals surface area contributed by atoms with Crippen molar-refractivity contribution >= 4 is 0 Å². The topological polar surface area (TPSA) is 75.4 Å². The maximum atomic E-state index is 9.57. The molecule has 0 N–H and O–H groups in total. The van der Waals surface area contributed by atoms with Gasteiger partial charge in [-0.2, -0.15) is 0 Å². The molecule has 0 amide bonds. The predicted molar refractivity (Wildman–Crippen MR) is 22.1 cm³/mol. The van der Waals surface area contributed by atoms with Crippen molar-refractivity contribution in [2.75, 3.05) is 7.11 Å². The molecule has 0 aromatic carbocycles. The fourth-order valence-corrected chi connectivity index (χ4v) is 0.166. The zero-order valence-corrected chi connectivity index (χ0v) is 7.16.